The molecule has 1 aromatic rings. The molecule has 0 unspecified atom stereocenters. The Morgan fingerprint density at radius 1 is 1.39 bits per heavy atom. The van der Waals surface area contributed by atoms with E-state index in [9.17, 15) is 9.59 Å². The quantitative estimate of drug-likeness (QED) is 0.883. The van der Waals surface area contributed by atoms with Crippen LogP contribution in [0.3, 0.4) is 0 Å². The number of benzene rings is 1. The average Bonchev–Trinajstić information content (AvgIpc) is 2.34. The van der Waals surface area contributed by atoms with Gasteiger partial charge < -0.3 is 11.1 Å². The van der Waals surface area contributed by atoms with Crippen molar-refractivity contribution < 1.29 is 9.59 Å². The largest absolute Gasteiger partial charge is 0.334 e. The van der Waals surface area contributed by atoms with Gasteiger partial charge in [-0.3, -0.25) is 9.69 Å². The van der Waals surface area contributed by atoms with Crippen LogP contribution in [0, 0.1) is 0 Å². The number of urea groups is 1. The number of nitrogens with one attached hydrogen (secondary N) is 1. The van der Waals surface area contributed by atoms with Crippen molar-refractivity contribution in [3.63, 3.8) is 0 Å². The molecule has 3 amide bonds. The summed E-state index contributed by atoms with van der Waals surface area (Å²) in [7, 11) is 0. The minimum atomic E-state index is -0.427. The molecule has 0 spiro atoms. The Bertz CT molecular complexity index is 437. The molecule has 0 fully saturated rings. The maximum Gasteiger partial charge on any atom is 0.324 e. The molecule has 0 radical (unpaired) electrons. The van der Waals surface area contributed by atoms with E-state index < -0.39 is 6.03 Å². The number of hydrogen-bond acceptors (Lipinski definition) is 3. The zero-order chi connectivity index (χ0) is 13.5. The monoisotopic (exact) mass is 313 g/mol. The summed E-state index contributed by atoms with van der Waals surface area (Å²) in [5.74, 6) is -0.315. The van der Waals surface area contributed by atoms with Gasteiger partial charge in [0.15, 0.2) is 0 Å². The Balaban J connectivity index is 2.60. The SMILES string of the molecule is CC(=O)N(CCN)C(=O)NCc1ccccc1Br. The average molecular weight is 314 g/mol. The third-order valence-electron chi connectivity index (χ3n) is 2.37. The van der Waals surface area contributed by atoms with Gasteiger partial charge in [-0.25, -0.2) is 4.79 Å². The van der Waals surface area contributed by atoms with E-state index in [0.717, 1.165) is 14.9 Å². The molecule has 0 saturated carbocycles. The first-order valence-electron chi connectivity index (χ1n) is 5.55. The zero-order valence-electron chi connectivity index (χ0n) is 10.1. The van der Waals surface area contributed by atoms with Crippen LogP contribution in [0.1, 0.15) is 12.5 Å². The Morgan fingerprint density at radius 3 is 2.61 bits per heavy atom. The fourth-order valence-corrected chi connectivity index (χ4v) is 1.86. The van der Waals surface area contributed by atoms with E-state index >= 15 is 0 Å². The molecule has 0 aliphatic heterocycles. The normalized spacial score (nSPS) is 9.94. The first-order chi connectivity index (χ1) is 8.56. The number of nitrogens with two attached hydrogens (primary N) is 1. The van der Waals surface area contributed by atoms with Crippen molar-refractivity contribution in [3.8, 4) is 0 Å². The molecule has 0 aromatic heterocycles. The van der Waals surface area contributed by atoms with Crippen LogP contribution in [0.2, 0.25) is 0 Å². The summed E-state index contributed by atoms with van der Waals surface area (Å²) in [5, 5.41) is 2.69. The lowest BCUT2D eigenvalue weighted by Gasteiger charge is -2.19. The zero-order valence-corrected chi connectivity index (χ0v) is 11.7. The van der Waals surface area contributed by atoms with Crippen LogP contribution in [0.5, 0.6) is 0 Å². The van der Waals surface area contributed by atoms with E-state index in [0.29, 0.717) is 6.54 Å². The molecule has 1 aromatic carbocycles. The number of carbonyl (C=O) groups is 2. The number of amides is 3. The minimum Gasteiger partial charge on any atom is -0.334 e. The second-order valence-corrected chi connectivity index (χ2v) is 4.56. The standard InChI is InChI=1S/C12H16BrN3O2/c1-9(17)16(7-6-14)12(18)15-8-10-4-2-3-5-11(10)13/h2-5H,6-8,14H2,1H3,(H,15,18). The van der Waals surface area contributed by atoms with Gasteiger partial charge in [-0.2, -0.15) is 0 Å². The number of carbonyl (C=O) groups excluding carboxylic acids is 2. The van der Waals surface area contributed by atoms with Gasteiger partial charge in [-0.1, -0.05) is 34.1 Å². The second kappa shape index (κ2) is 7.13. The first kappa shape index (κ1) is 14.7. The van der Waals surface area contributed by atoms with Crippen molar-refractivity contribution in [3.05, 3.63) is 34.3 Å². The maximum atomic E-state index is 11.8. The maximum absolute atomic E-state index is 11.8. The molecule has 3 N–H and O–H groups in total. The van der Waals surface area contributed by atoms with E-state index in [2.05, 4.69) is 21.2 Å². The molecule has 0 saturated heterocycles. The molecule has 6 heteroatoms. The highest BCUT2D eigenvalue weighted by Crippen LogP contribution is 2.15. The number of nitrogens with zero attached hydrogens (tertiary/aromatic N) is 1. The second-order valence-electron chi connectivity index (χ2n) is 3.71. The smallest absolute Gasteiger partial charge is 0.324 e. The van der Waals surface area contributed by atoms with Gasteiger partial charge in [-0.05, 0) is 11.6 Å². The topological polar surface area (TPSA) is 75.4 Å². The fourth-order valence-electron chi connectivity index (χ4n) is 1.44. The summed E-state index contributed by atoms with van der Waals surface area (Å²) >= 11 is 3.39. The lowest BCUT2D eigenvalue weighted by atomic mass is 10.2. The Morgan fingerprint density at radius 2 is 2.06 bits per heavy atom. The number of rotatable bonds is 4. The summed E-state index contributed by atoms with van der Waals surface area (Å²) in [4.78, 5) is 24.1. The molecule has 1 rings (SSSR count). The molecular weight excluding hydrogens is 298 g/mol. The van der Waals surface area contributed by atoms with Crippen LogP contribution in [-0.4, -0.2) is 29.9 Å². The molecule has 0 heterocycles. The fraction of sp³-hybridized carbons (Fsp3) is 0.333. The lowest BCUT2D eigenvalue weighted by Crippen LogP contribution is -2.44. The summed E-state index contributed by atoms with van der Waals surface area (Å²) in [6, 6.07) is 7.14. The molecule has 18 heavy (non-hydrogen) atoms. The highest BCUT2D eigenvalue weighted by Gasteiger charge is 2.16. The number of imide groups is 1. The highest BCUT2D eigenvalue weighted by molar-refractivity contribution is 9.10. The van der Waals surface area contributed by atoms with Crippen LogP contribution < -0.4 is 11.1 Å². The van der Waals surface area contributed by atoms with Gasteiger partial charge in [0.05, 0.1) is 0 Å². The van der Waals surface area contributed by atoms with Crippen LogP contribution in [0.25, 0.3) is 0 Å². The molecule has 0 aliphatic rings. The van der Waals surface area contributed by atoms with Gasteiger partial charge in [-0.15, -0.1) is 0 Å². The molecule has 0 bridgehead atoms. The van der Waals surface area contributed by atoms with E-state index in [4.69, 9.17) is 5.73 Å². The predicted molar refractivity (Wildman–Crippen MR) is 72.8 cm³/mol. The van der Waals surface area contributed by atoms with Crippen molar-refractivity contribution in [2.75, 3.05) is 13.1 Å². The number of hydrogen-bond donors (Lipinski definition) is 2. The Kier molecular flexibility index (Phi) is 5.80. The van der Waals surface area contributed by atoms with Crippen LogP contribution in [-0.2, 0) is 11.3 Å². The summed E-state index contributed by atoms with van der Waals surface area (Å²) in [6.07, 6.45) is 0. The third-order valence-corrected chi connectivity index (χ3v) is 3.14. The molecule has 5 nitrogen and oxygen atoms in total. The van der Waals surface area contributed by atoms with Gasteiger partial charge in [0, 0.05) is 31.0 Å². The molecular formula is C12H16BrN3O2. The van der Waals surface area contributed by atoms with Crippen molar-refractivity contribution in [1.82, 2.24) is 10.2 Å². The Hall–Kier alpha value is -1.40. The van der Waals surface area contributed by atoms with Crippen molar-refractivity contribution in [1.29, 1.82) is 0 Å². The van der Waals surface area contributed by atoms with Gasteiger partial charge in [0.25, 0.3) is 0 Å². The summed E-state index contributed by atoms with van der Waals surface area (Å²) in [5.41, 5.74) is 6.30. The van der Waals surface area contributed by atoms with Crippen LogP contribution in [0.15, 0.2) is 28.7 Å². The Labute approximate surface area is 114 Å². The van der Waals surface area contributed by atoms with Crippen LogP contribution >= 0.6 is 15.9 Å². The molecule has 0 atom stereocenters. The first-order valence-corrected chi connectivity index (χ1v) is 6.35. The van der Waals surface area contributed by atoms with Gasteiger partial charge in [0.2, 0.25) is 5.91 Å². The lowest BCUT2D eigenvalue weighted by molar-refractivity contribution is -0.125. The molecule has 0 aliphatic carbocycles. The van der Waals surface area contributed by atoms with Crippen molar-refractivity contribution in [2.45, 2.75) is 13.5 Å². The number of halogens is 1. The molecule has 98 valence electrons. The van der Waals surface area contributed by atoms with E-state index in [-0.39, 0.29) is 19.0 Å². The van der Waals surface area contributed by atoms with Crippen molar-refractivity contribution in [2.24, 2.45) is 5.73 Å². The summed E-state index contributed by atoms with van der Waals surface area (Å²) in [6.45, 7) is 2.17. The summed E-state index contributed by atoms with van der Waals surface area (Å²) < 4.78 is 0.915. The third kappa shape index (κ3) is 4.12. The van der Waals surface area contributed by atoms with Crippen LogP contribution in [0.4, 0.5) is 4.79 Å². The van der Waals surface area contributed by atoms with Gasteiger partial charge >= 0.3 is 6.03 Å². The minimum absolute atomic E-state index is 0.219. The highest BCUT2D eigenvalue weighted by atomic mass is 79.9. The van der Waals surface area contributed by atoms with E-state index in [1.54, 1.807) is 0 Å². The van der Waals surface area contributed by atoms with Gasteiger partial charge in [0.1, 0.15) is 0 Å². The predicted octanol–water partition coefficient (Wildman–Crippen LogP) is 1.47. The van der Waals surface area contributed by atoms with Crippen molar-refractivity contribution >= 4 is 27.9 Å². The van der Waals surface area contributed by atoms with E-state index in [1.165, 1.54) is 6.92 Å². The van der Waals surface area contributed by atoms with E-state index in [1.807, 2.05) is 24.3 Å².